The van der Waals surface area contributed by atoms with Gasteiger partial charge in [-0.2, -0.15) is 0 Å². The van der Waals surface area contributed by atoms with Crippen LogP contribution in [-0.4, -0.2) is 7.11 Å². The second kappa shape index (κ2) is 4.69. The Hall–Kier alpha value is -0.990. The van der Waals surface area contributed by atoms with Gasteiger partial charge in [-0.05, 0) is 29.1 Å². The summed E-state index contributed by atoms with van der Waals surface area (Å²) in [7, 11) is 1.70. The van der Waals surface area contributed by atoms with Crippen molar-refractivity contribution in [2.45, 2.75) is 6.42 Å². The lowest BCUT2D eigenvalue weighted by Gasteiger charge is -2.03. The highest BCUT2D eigenvalue weighted by Gasteiger charge is 2.05. The summed E-state index contributed by atoms with van der Waals surface area (Å²) >= 11 is 7.55. The topological polar surface area (TPSA) is 9.23 Å². The molecule has 78 valence electrons. The minimum Gasteiger partial charge on any atom is -0.487 e. The molecule has 0 aliphatic rings. The molecule has 1 aromatic heterocycles. The molecule has 0 spiro atoms. The van der Waals surface area contributed by atoms with Crippen molar-refractivity contribution in [2.24, 2.45) is 0 Å². The maximum absolute atomic E-state index is 5.93. The van der Waals surface area contributed by atoms with Gasteiger partial charge in [0.25, 0.3) is 0 Å². The fraction of sp³-hybridized carbons (Fsp3) is 0.167. The van der Waals surface area contributed by atoms with Gasteiger partial charge in [0, 0.05) is 17.0 Å². The maximum atomic E-state index is 5.93. The second-order valence-electron chi connectivity index (χ2n) is 3.24. The monoisotopic (exact) mass is 238 g/mol. The van der Waals surface area contributed by atoms with Gasteiger partial charge < -0.3 is 4.74 Å². The molecule has 0 radical (unpaired) electrons. The summed E-state index contributed by atoms with van der Waals surface area (Å²) < 4.78 is 5.27. The summed E-state index contributed by atoms with van der Waals surface area (Å²) in [5, 5.41) is 3.80. The molecule has 0 saturated carbocycles. The minimum absolute atomic E-state index is 0.779. The highest BCUT2D eigenvalue weighted by molar-refractivity contribution is 7.12. The van der Waals surface area contributed by atoms with Crippen molar-refractivity contribution in [3.8, 4) is 5.06 Å². The minimum atomic E-state index is 0.779. The lowest BCUT2D eigenvalue weighted by Crippen LogP contribution is -1.89. The predicted octanol–water partition coefficient (Wildman–Crippen LogP) is 4.00. The van der Waals surface area contributed by atoms with Crippen LogP contribution in [0, 0.1) is 0 Å². The van der Waals surface area contributed by atoms with Gasteiger partial charge in [-0.3, -0.25) is 0 Å². The molecule has 0 unspecified atom stereocenters. The Kier molecular flexibility index (Phi) is 3.29. The van der Waals surface area contributed by atoms with Crippen molar-refractivity contribution in [1.29, 1.82) is 0 Å². The molecule has 3 heteroatoms. The average Bonchev–Trinajstić information content (AvgIpc) is 2.65. The van der Waals surface area contributed by atoms with E-state index in [1.807, 2.05) is 23.6 Å². The lowest BCUT2D eigenvalue weighted by molar-refractivity contribution is 0.423. The predicted molar refractivity (Wildman–Crippen MR) is 65.1 cm³/mol. The van der Waals surface area contributed by atoms with Gasteiger partial charge in [0.2, 0.25) is 0 Å². The Morgan fingerprint density at radius 1 is 1.33 bits per heavy atom. The first-order valence-corrected chi connectivity index (χ1v) is 5.90. The first-order valence-electron chi connectivity index (χ1n) is 4.64. The second-order valence-corrected chi connectivity index (χ2v) is 4.56. The van der Waals surface area contributed by atoms with E-state index in [0.29, 0.717) is 0 Å². The number of methoxy groups -OCH3 is 1. The van der Waals surface area contributed by atoms with Gasteiger partial charge in [-0.15, -0.1) is 11.3 Å². The molecule has 15 heavy (non-hydrogen) atoms. The van der Waals surface area contributed by atoms with Crippen LogP contribution < -0.4 is 4.74 Å². The smallest absolute Gasteiger partial charge is 0.176 e. The van der Waals surface area contributed by atoms with Crippen LogP contribution in [0.3, 0.4) is 0 Å². The third-order valence-corrected chi connectivity index (χ3v) is 3.33. The van der Waals surface area contributed by atoms with Crippen molar-refractivity contribution >= 4 is 22.9 Å². The Balaban J connectivity index is 2.22. The first kappa shape index (κ1) is 10.5. The Labute approximate surface area is 98.3 Å². The molecular formula is C12H11ClOS. The van der Waals surface area contributed by atoms with Gasteiger partial charge in [0.1, 0.15) is 0 Å². The Morgan fingerprint density at radius 3 is 2.93 bits per heavy atom. The number of rotatable bonds is 3. The van der Waals surface area contributed by atoms with Gasteiger partial charge in [-0.1, -0.05) is 23.7 Å². The van der Waals surface area contributed by atoms with Gasteiger partial charge >= 0.3 is 0 Å². The number of benzene rings is 1. The highest BCUT2D eigenvalue weighted by Crippen LogP contribution is 2.28. The maximum Gasteiger partial charge on any atom is 0.176 e. The van der Waals surface area contributed by atoms with Crippen molar-refractivity contribution in [3.63, 3.8) is 0 Å². The van der Waals surface area contributed by atoms with Crippen LogP contribution in [0.4, 0.5) is 0 Å². The highest BCUT2D eigenvalue weighted by atomic mass is 35.5. The van der Waals surface area contributed by atoms with Crippen LogP contribution in [0.2, 0.25) is 5.02 Å². The SMILES string of the molecule is COc1sccc1Cc1cccc(Cl)c1. The van der Waals surface area contributed by atoms with Crippen LogP contribution >= 0.6 is 22.9 Å². The van der Waals surface area contributed by atoms with Crippen LogP contribution in [0.1, 0.15) is 11.1 Å². The van der Waals surface area contributed by atoms with E-state index in [-0.39, 0.29) is 0 Å². The standard InChI is InChI=1S/C12H11ClOS/c1-14-12-10(5-6-15-12)7-9-3-2-4-11(13)8-9/h2-6,8H,7H2,1H3. The molecule has 0 atom stereocenters. The summed E-state index contributed by atoms with van der Waals surface area (Å²) in [4.78, 5) is 0. The molecule has 0 bridgehead atoms. The Morgan fingerprint density at radius 2 is 2.20 bits per heavy atom. The van der Waals surface area contributed by atoms with Crippen molar-refractivity contribution in [2.75, 3.05) is 7.11 Å². The van der Waals surface area contributed by atoms with Crippen LogP contribution in [0.5, 0.6) is 5.06 Å². The fourth-order valence-electron chi connectivity index (χ4n) is 1.50. The lowest BCUT2D eigenvalue weighted by atomic mass is 10.1. The van der Waals surface area contributed by atoms with Crippen LogP contribution in [-0.2, 0) is 6.42 Å². The molecular weight excluding hydrogens is 228 g/mol. The van der Waals surface area contributed by atoms with E-state index >= 15 is 0 Å². The summed E-state index contributed by atoms with van der Waals surface area (Å²) in [6, 6.07) is 10.00. The van der Waals surface area contributed by atoms with Crippen molar-refractivity contribution in [3.05, 3.63) is 51.9 Å². The zero-order valence-electron chi connectivity index (χ0n) is 8.37. The summed E-state index contributed by atoms with van der Waals surface area (Å²) in [5.74, 6) is 0. The molecule has 0 saturated heterocycles. The number of thiophene rings is 1. The molecule has 2 rings (SSSR count). The quantitative estimate of drug-likeness (QED) is 0.786. The number of halogens is 1. The first-order chi connectivity index (χ1) is 7.29. The molecule has 0 aliphatic heterocycles. The summed E-state index contributed by atoms with van der Waals surface area (Å²) in [5.41, 5.74) is 2.42. The van der Waals surface area contributed by atoms with Crippen LogP contribution in [0.15, 0.2) is 35.7 Å². The van der Waals surface area contributed by atoms with E-state index in [4.69, 9.17) is 16.3 Å². The molecule has 1 aromatic carbocycles. The Bertz CT molecular complexity index is 450. The van der Waals surface area contributed by atoms with Gasteiger partial charge in [0.15, 0.2) is 5.06 Å². The number of ether oxygens (including phenoxy) is 1. The molecule has 0 fully saturated rings. The summed E-state index contributed by atoms with van der Waals surface area (Å²) in [6.07, 6.45) is 0.868. The molecule has 2 aromatic rings. The van der Waals surface area contributed by atoms with E-state index in [2.05, 4.69) is 12.1 Å². The average molecular weight is 239 g/mol. The zero-order chi connectivity index (χ0) is 10.7. The van der Waals surface area contributed by atoms with E-state index in [0.717, 1.165) is 16.5 Å². The van der Waals surface area contributed by atoms with E-state index in [1.165, 1.54) is 11.1 Å². The van der Waals surface area contributed by atoms with Crippen molar-refractivity contribution in [1.82, 2.24) is 0 Å². The normalized spacial score (nSPS) is 10.3. The fourth-order valence-corrected chi connectivity index (χ4v) is 2.46. The van der Waals surface area contributed by atoms with E-state index < -0.39 is 0 Å². The third kappa shape index (κ3) is 2.52. The molecule has 0 aliphatic carbocycles. The molecule has 0 amide bonds. The number of hydrogen-bond donors (Lipinski definition) is 0. The third-order valence-electron chi connectivity index (χ3n) is 2.18. The molecule has 1 heterocycles. The van der Waals surface area contributed by atoms with Crippen LogP contribution in [0.25, 0.3) is 0 Å². The number of hydrogen-bond acceptors (Lipinski definition) is 2. The summed E-state index contributed by atoms with van der Waals surface area (Å²) in [6.45, 7) is 0. The molecule has 1 nitrogen and oxygen atoms in total. The van der Waals surface area contributed by atoms with E-state index in [1.54, 1.807) is 18.4 Å². The van der Waals surface area contributed by atoms with Crippen molar-refractivity contribution < 1.29 is 4.74 Å². The zero-order valence-corrected chi connectivity index (χ0v) is 9.94. The molecule has 0 N–H and O–H groups in total. The van der Waals surface area contributed by atoms with Gasteiger partial charge in [-0.25, -0.2) is 0 Å². The van der Waals surface area contributed by atoms with Gasteiger partial charge in [0.05, 0.1) is 7.11 Å². The van der Waals surface area contributed by atoms with E-state index in [9.17, 15) is 0 Å². The largest absolute Gasteiger partial charge is 0.487 e.